The van der Waals surface area contributed by atoms with Crippen LogP contribution in [-0.2, 0) is 6.61 Å². The maximum Gasteiger partial charge on any atom is 0.129 e. The van der Waals surface area contributed by atoms with Gasteiger partial charge in [-0.25, -0.2) is 4.39 Å². The van der Waals surface area contributed by atoms with Gasteiger partial charge < -0.3 is 9.84 Å². The van der Waals surface area contributed by atoms with Gasteiger partial charge in [-0.2, -0.15) is 5.26 Å². The maximum absolute atomic E-state index is 13.7. The second-order valence-corrected chi connectivity index (χ2v) is 4.67. The van der Waals surface area contributed by atoms with E-state index in [2.05, 4.69) is 0 Å². The summed E-state index contributed by atoms with van der Waals surface area (Å²) in [6, 6.07) is 13.2. The van der Waals surface area contributed by atoms with Gasteiger partial charge in [-0.1, -0.05) is 25.1 Å². The fraction of sp³-hybridized carbons (Fsp3) is 0.235. The molecule has 1 atom stereocenters. The molecule has 0 aliphatic carbocycles. The minimum atomic E-state index is -0.614. The van der Waals surface area contributed by atoms with E-state index < -0.39 is 11.9 Å². The summed E-state index contributed by atoms with van der Waals surface area (Å²) in [5.41, 5.74) is 1.38. The molecule has 0 aliphatic rings. The molecule has 4 heteroatoms. The summed E-state index contributed by atoms with van der Waals surface area (Å²) in [5, 5.41) is 18.8. The van der Waals surface area contributed by atoms with Gasteiger partial charge in [0.1, 0.15) is 18.2 Å². The molecule has 0 fully saturated rings. The van der Waals surface area contributed by atoms with Crippen LogP contribution in [0.3, 0.4) is 0 Å². The summed E-state index contributed by atoms with van der Waals surface area (Å²) in [4.78, 5) is 0. The first-order chi connectivity index (χ1) is 10.2. The van der Waals surface area contributed by atoms with Crippen molar-refractivity contribution in [3.63, 3.8) is 0 Å². The normalized spacial score (nSPS) is 11.7. The maximum atomic E-state index is 13.7. The third kappa shape index (κ3) is 3.59. The minimum absolute atomic E-state index is 0.00873. The average molecular weight is 285 g/mol. The highest BCUT2D eigenvalue weighted by molar-refractivity contribution is 5.36. The first-order valence-corrected chi connectivity index (χ1v) is 6.74. The van der Waals surface area contributed by atoms with Crippen molar-refractivity contribution < 1.29 is 14.2 Å². The molecule has 108 valence electrons. The molecule has 0 radical (unpaired) electrons. The molecule has 0 spiro atoms. The molecule has 0 saturated heterocycles. The van der Waals surface area contributed by atoms with Crippen LogP contribution in [0.25, 0.3) is 0 Å². The Kier molecular flexibility index (Phi) is 4.91. The summed E-state index contributed by atoms with van der Waals surface area (Å²) in [6.45, 7) is 1.88. The number of para-hydroxylation sites is 1. The zero-order chi connectivity index (χ0) is 15.2. The summed E-state index contributed by atoms with van der Waals surface area (Å²) >= 11 is 0. The van der Waals surface area contributed by atoms with Crippen molar-refractivity contribution in [3.8, 4) is 11.8 Å². The van der Waals surface area contributed by atoms with Crippen molar-refractivity contribution in [2.75, 3.05) is 0 Å². The molecule has 0 aromatic heterocycles. The summed E-state index contributed by atoms with van der Waals surface area (Å²) < 4.78 is 19.3. The van der Waals surface area contributed by atoms with Crippen molar-refractivity contribution in [2.24, 2.45) is 0 Å². The topological polar surface area (TPSA) is 53.2 Å². The van der Waals surface area contributed by atoms with Gasteiger partial charge in [0, 0.05) is 11.1 Å². The lowest BCUT2D eigenvalue weighted by Gasteiger charge is -2.15. The molecular formula is C17H16FNO2. The van der Waals surface area contributed by atoms with Gasteiger partial charge in [0.2, 0.25) is 0 Å². The van der Waals surface area contributed by atoms with E-state index in [4.69, 9.17) is 10.00 Å². The lowest BCUT2D eigenvalue weighted by Crippen LogP contribution is -2.04. The van der Waals surface area contributed by atoms with Crippen molar-refractivity contribution >= 4 is 0 Å². The van der Waals surface area contributed by atoms with Crippen LogP contribution in [-0.4, -0.2) is 5.11 Å². The van der Waals surface area contributed by atoms with Gasteiger partial charge in [0.15, 0.2) is 0 Å². The molecule has 0 saturated carbocycles. The summed E-state index contributed by atoms with van der Waals surface area (Å²) in [7, 11) is 0. The Morgan fingerprint density at radius 2 is 2.05 bits per heavy atom. The van der Waals surface area contributed by atoms with Gasteiger partial charge in [-0.05, 0) is 30.7 Å². The molecular weight excluding hydrogens is 269 g/mol. The minimum Gasteiger partial charge on any atom is -0.488 e. The molecule has 21 heavy (non-hydrogen) atoms. The number of ether oxygens (including phenoxy) is 1. The van der Waals surface area contributed by atoms with Crippen LogP contribution in [0.5, 0.6) is 5.75 Å². The lowest BCUT2D eigenvalue weighted by molar-refractivity contribution is 0.166. The van der Waals surface area contributed by atoms with E-state index >= 15 is 0 Å². The largest absolute Gasteiger partial charge is 0.488 e. The molecule has 0 unspecified atom stereocenters. The highest BCUT2D eigenvalue weighted by atomic mass is 19.1. The van der Waals surface area contributed by atoms with E-state index in [1.807, 2.05) is 19.1 Å². The average Bonchev–Trinajstić information content (AvgIpc) is 2.53. The summed E-state index contributed by atoms with van der Waals surface area (Å²) in [5.74, 6) is 0.108. The monoisotopic (exact) mass is 285 g/mol. The fourth-order valence-corrected chi connectivity index (χ4v) is 2.02. The number of aliphatic hydroxyl groups excluding tert-OH is 1. The number of nitriles is 1. The van der Waals surface area contributed by atoms with Crippen molar-refractivity contribution in [3.05, 3.63) is 65.0 Å². The Balaban J connectivity index is 2.19. The fourth-order valence-electron chi connectivity index (χ4n) is 2.02. The quantitative estimate of drug-likeness (QED) is 0.911. The zero-order valence-electron chi connectivity index (χ0n) is 11.7. The number of nitrogens with zero attached hydrogens (tertiary/aromatic N) is 1. The van der Waals surface area contributed by atoms with Crippen LogP contribution in [0.1, 0.15) is 36.1 Å². The Morgan fingerprint density at radius 3 is 2.76 bits per heavy atom. The summed E-state index contributed by atoms with van der Waals surface area (Å²) in [6.07, 6.45) is -0.0463. The standard InChI is InChI=1S/C17H16FNO2/c1-2-16(20)14-5-3-4-6-17(14)21-11-13-9-12(10-19)7-8-15(13)18/h3-9,16,20H,2,11H2,1H3/t16-/m1/s1. The molecule has 3 nitrogen and oxygen atoms in total. The molecule has 2 rings (SSSR count). The third-order valence-electron chi connectivity index (χ3n) is 3.22. The number of benzene rings is 2. The SMILES string of the molecule is CC[C@@H](O)c1ccccc1OCc1cc(C#N)ccc1F. The Bertz CT molecular complexity index is 664. The molecule has 0 aliphatic heterocycles. The van der Waals surface area contributed by atoms with E-state index in [1.165, 1.54) is 18.2 Å². The van der Waals surface area contributed by atoms with E-state index in [-0.39, 0.29) is 6.61 Å². The number of halogens is 1. The molecule has 0 bridgehead atoms. The van der Waals surface area contributed by atoms with Crippen LogP contribution >= 0.6 is 0 Å². The molecule has 1 N–H and O–H groups in total. The van der Waals surface area contributed by atoms with E-state index in [0.29, 0.717) is 28.9 Å². The van der Waals surface area contributed by atoms with Gasteiger partial charge in [0.25, 0.3) is 0 Å². The molecule has 0 heterocycles. The van der Waals surface area contributed by atoms with Gasteiger partial charge in [-0.3, -0.25) is 0 Å². The number of rotatable bonds is 5. The first-order valence-electron chi connectivity index (χ1n) is 6.74. The predicted octanol–water partition coefficient (Wildman–Crippen LogP) is 3.72. The molecule has 0 amide bonds. The van der Waals surface area contributed by atoms with Crippen molar-refractivity contribution in [1.29, 1.82) is 5.26 Å². The van der Waals surface area contributed by atoms with E-state index in [0.717, 1.165) is 0 Å². The van der Waals surface area contributed by atoms with Crippen molar-refractivity contribution in [2.45, 2.75) is 26.1 Å². The van der Waals surface area contributed by atoms with Gasteiger partial charge in [0.05, 0.1) is 17.7 Å². The van der Waals surface area contributed by atoms with Gasteiger partial charge >= 0.3 is 0 Å². The van der Waals surface area contributed by atoms with Crippen LogP contribution in [0, 0.1) is 17.1 Å². The molecule has 2 aromatic carbocycles. The number of aliphatic hydroxyl groups is 1. The Morgan fingerprint density at radius 1 is 1.29 bits per heavy atom. The van der Waals surface area contributed by atoms with Crippen molar-refractivity contribution in [1.82, 2.24) is 0 Å². The number of hydrogen-bond acceptors (Lipinski definition) is 3. The predicted molar refractivity (Wildman–Crippen MR) is 77.1 cm³/mol. The van der Waals surface area contributed by atoms with Gasteiger partial charge in [-0.15, -0.1) is 0 Å². The first kappa shape index (κ1) is 15.0. The zero-order valence-corrected chi connectivity index (χ0v) is 11.7. The highest BCUT2D eigenvalue weighted by Gasteiger charge is 2.12. The van der Waals surface area contributed by atoms with Crippen LogP contribution in [0.15, 0.2) is 42.5 Å². The second-order valence-electron chi connectivity index (χ2n) is 4.67. The number of hydrogen-bond donors (Lipinski definition) is 1. The lowest BCUT2D eigenvalue weighted by atomic mass is 10.1. The molecule has 2 aromatic rings. The Labute approximate surface area is 123 Å². The third-order valence-corrected chi connectivity index (χ3v) is 3.22. The van der Waals surface area contributed by atoms with E-state index in [9.17, 15) is 9.50 Å². The highest BCUT2D eigenvalue weighted by Crippen LogP contribution is 2.27. The van der Waals surface area contributed by atoms with Crippen LogP contribution < -0.4 is 4.74 Å². The Hall–Kier alpha value is -2.38. The second kappa shape index (κ2) is 6.87. The smallest absolute Gasteiger partial charge is 0.129 e. The van der Waals surface area contributed by atoms with Crippen LogP contribution in [0.2, 0.25) is 0 Å². The van der Waals surface area contributed by atoms with E-state index in [1.54, 1.807) is 18.2 Å². The van der Waals surface area contributed by atoms with Crippen LogP contribution in [0.4, 0.5) is 4.39 Å².